The molecule has 0 amide bonds. The molecule has 1 heterocycles. The molecule has 33 valence electrons. The Balaban J connectivity index is 2.61. The van der Waals surface area contributed by atoms with Crippen LogP contribution in [0, 0.1) is 0 Å². The molecule has 0 bridgehead atoms. The van der Waals surface area contributed by atoms with Gasteiger partial charge in [-0.25, -0.2) is 0 Å². The highest BCUT2D eigenvalue weighted by Crippen LogP contribution is 1.95. The normalized spacial score (nSPS) is 15.7. The summed E-state index contributed by atoms with van der Waals surface area (Å²) in [6.45, 7) is 0. The Kier molecular flexibility index (Phi) is 1.11. The lowest BCUT2D eigenvalue weighted by Gasteiger charge is -1.75. The first-order chi connectivity index (χ1) is 3.43. The lowest BCUT2D eigenvalue weighted by molar-refractivity contribution is -0.104. The van der Waals surface area contributed by atoms with E-state index in [0.717, 1.165) is 11.8 Å². The maximum atomic E-state index is 9.87. The average molecular weight is 90.9 g/mol. The van der Waals surface area contributed by atoms with E-state index in [1.165, 1.54) is 0 Å². The van der Waals surface area contributed by atoms with E-state index in [-0.39, 0.29) is 0 Å². The van der Waals surface area contributed by atoms with Crippen molar-refractivity contribution in [3.8, 4) is 0 Å². The first kappa shape index (κ1) is 4.38. The molecule has 0 aliphatic carbocycles. The summed E-state index contributed by atoms with van der Waals surface area (Å²) in [7, 11) is 1.77. The number of allylic oxidation sites excluding steroid dienone is 3. The third-order valence-electron chi connectivity index (χ3n) is 0.825. The van der Waals surface area contributed by atoms with Crippen molar-refractivity contribution in [1.29, 1.82) is 0 Å². The monoisotopic (exact) mass is 91.0 g/mol. The topological polar surface area (TPSA) is 17.1 Å². The highest BCUT2D eigenvalue weighted by molar-refractivity contribution is 6.58. The smallest absolute Gasteiger partial charge is 0.185 e. The van der Waals surface area contributed by atoms with Gasteiger partial charge in [0.15, 0.2) is 7.28 Å². The molecule has 0 N–H and O–H groups in total. The van der Waals surface area contributed by atoms with Crippen LogP contribution in [0.5, 0.6) is 0 Å². The zero-order chi connectivity index (χ0) is 5.11. The van der Waals surface area contributed by atoms with Crippen molar-refractivity contribution in [2.24, 2.45) is 0 Å². The van der Waals surface area contributed by atoms with E-state index in [2.05, 4.69) is 0 Å². The quantitative estimate of drug-likeness (QED) is 0.335. The summed E-state index contributed by atoms with van der Waals surface area (Å²) >= 11 is 0. The van der Waals surface area contributed by atoms with Crippen LogP contribution in [0.3, 0.4) is 0 Å². The lowest BCUT2D eigenvalue weighted by atomic mass is 9.74. The molecule has 0 spiro atoms. The zero-order valence-corrected chi connectivity index (χ0v) is 3.79. The van der Waals surface area contributed by atoms with E-state index in [1.807, 2.05) is 12.1 Å². The van der Waals surface area contributed by atoms with Crippen LogP contribution >= 0.6 is 0 Å². The van der Waals surface area contributed by atoms with Crippen molar-refractivity contribution < 1.29 is 4.79 Å². The summed E-state index contributed by atoms with van der Waals surface area (Å²) in [4.78, 5) is 9.87. The molecule has 2 heteroatoms. The molecule has 7 heavy (non-hydrogen) atoms. The molecule has 1 aliphatic heterocycles. The van der Waals surface area contributed by atoms with Crippen LogP contribution in [0.2, 0.25) is 0 Å². The lowest BCUT2D eigenvalue weighted by Crippen LogP contribution is -1.87. The fourth-order valence-corrected chi connectivity index (χ4v) is 0.467. The van der Waals surface area contributed by atoms with E-state index in [9.17, 15) is 4.79 Å². The summed E-state index contributed by atoms with van der Waals surface area (Å²) in [6.07, 6.45) is 4.44. The SMILES string of the molecule is O=CC1=CC=C[B]1. The van der Waals surface area contributed by atoms with Gasteiger partial charge in [0.05, 0.1) is 0 Å². The molecule has 0 aromatic heterocycles. The van der Waals surface area contributed by atoms with E-state index < -0.39 is 0 Å². The highest BCUT2D eigenvalue weighted by Gasteiger charge is 1.95. The van der Waals surface area contributed by atoms with Gasteiger partial charge in [0.2, 0.25) is 0 Å². The third-order valence-corrected chi connectivity index (χ3v) is 0.825. The number of carbonyl (C=O) groups is 1. The number of hydrogen-bond donors (Lipinski definition) is 0. The fraction of sp³-hybridized carbons (Fsp3) is 0. The van der Waals surface area contributed by atoms with E-state index >= 15 is 0 Å². The maximum absolute atomic E-state index is 9.87. The predicted octanol–water partition coefficient (Wildman–Crippen LogP) is 0.301. The van der Waals surface area contributed by atoms with Crippen molar-refractivity contribution >= 4 is 13.6 Å². The van der Waals surface area contributed by atoms with Gasteiger partial charge in [-0.3, -0.25) is 4.79 Å². The number of hydrogen-bond acceptors (Lipinski definition) is 1. The third kappa shape index (κ3) is 0.799. The van der Waals surface area contributed by atoms with Crippen molar-refractivity contribution in [1.82, 2.24) is 0 Å². The van der Waals surface area contributed by atoms with Gasteiger partial charge in [0.1, 0.15) is 6.29 Å². The number of rotatable bonds is 1. The van der Waals surface area contributed by atoms with Crippen LogP contribution in [0.25, 0.3) is 0 Å². The maximum Gasteiger partial charge on any atom is 0.185 e. The molecular formula is C5H4BO. The molecule has 0 atom stereocenters. The van der Waals surface area contributed by atoms with Crippen LogP contribution in [-0.2, 0) is 4.79 Å². The molecule has 0 aromatic carbocycles. The van der Waals surface area contributed by atoms with Gasteiger partial charge in [-0.1, -0.05) is 12.2 Å². The standard InChI is InChI=1S/C5H4BO/c7-4-5-2-1-3-6-5/h1-4H. The molecule has 1 aliphatic rings. The van der Waals surface area contributed by atoms with E-state index in [0.29, 0.717) is 0 Å². The van der Waals surface area contributed by atoms with Gasteiger partial charge in [-0.2, -0.15) is 0 Å². The van der Waals surface area contributed by atoms with Gasteiger partial charge in [0, 0.05) is 0 Å². The summed E-state index contributed by atoms with van der Waals surface area (Å²) in [6, 6.07) is 0. The average Bonchev–Trinajstić information content (AvgIpc) is 2.14. The molecule has 1 nitrogen and oxygen atoms in total. The zero-order valence-electron chi connectivity index (χ0n) is 3.79. The van der Waals surface area contributed by atoms with Crippen LogP contribution < -0.4 is 0 Å². The Hall–Kier alpha value is -0.785. The largest absolute Gasteiger partial charge is 0.299 e. The van der Waals surface area contributed by atoms with Crippen molar-refractivity contribution in [3.63, 3.8) is 0 Å². The van der Waals surface area contributed by atoms with E-state index in [1.54, 1.807) is 13.4 Å². The van der Waals surface area contributed by atoms with Gasteiger partial charge in [-0.15, -0.1) is 5.98 Å². The molecular weight excluding hydrogens is 86.9 g/mol. The first-order valence-corrected chi connectivity index (χ1v) is 2.10. The Labute approximate surface area is 43.0 Å². The molecule has 0 unspecified atom stereocenters. The predicted molar refractivity (Wildman–Crippen MR) is 29.0 cm³/mol. The summed E-state index contributed by atoms with van der Waals surface area (Å²) in [5.74, 6) is 1.84. The van der Waals surface area contributed by atoms with Crippen molar-refractivity contribution in [3.05, 3.63) is 23.6 Å². The second kappa shape index (κ2) is 1.78. The summed E-state index contributed by atoms with van der Waals surface area (Å²) < 4.78 is 0. The molecule has 0 saturated heterocycles. The van der Waals surface area contributed by atoms with Gasteiger partial charge in [0.25, 0.3) is 0 Å². The Morgan fingerprint density at radius 2 is 2.57 bits per heavy atom. The van der Waals surface area contributed by atoms with Crippen LogP contribution in [0.15, 0.2) is 23.6 Å². The Morgan fingerprint density at radius 1 is 1.71 bits per heavy atom. The number of aldehydes is 1. The Morgan fingerprint density at radius 3 is 2.86 bits per heavy atom. The molecule has 0 fully saturated rings. The van der Waals surface area contributed by atoms with Crippen LogP contribution in [0.1, 0.15) is 0 Å². The van der Waals surface area contributed by atoms with Gasteiger partial charge in [-0.05, 0) is 5.47 Å². The summed E-state index contributed by atoms with van der Waals surface area (Å²) in [5.41, 5.74) is 0.750. The van der Waals surface area contributed by atoms with Crippen LogP contribution in [0.4, 0.5) is 0 Å². The molecule has 1 radical (unpaired) electrons. The minimum atomic E-state index is 0.750. The van der Waals surface area contributed by atoms with Crippen molar-refractivity contribution in [2.75, 3.05) is 0 Å². The minimum Gasteiger partial charge on any atom is -0.299 e. The van der Waals surface area contributed by atoms with Crippen molar-refractivity contribution in [2.45, 2.75) is 0 Å². The number of carbonyl (C=O) groups excluding carboxylic acids is 1. The second-order valence-electron chi connectivity index (χ2n) is 1.34. The molecule has 0 aromatic rings. The van der Waals surface area contributed by atoms with Crippen LogP contribution in [-0.4, -0.2) is 13.6 Å². The second-order valence-corrected chi connectivity index (χ2v) is 1.34. The molecule has 1 rings (SSSR count). The summed E-state index contributed by atoms with van der Waals surface area (Å²) in [5, 5.41) is 0. The minimum absolute atomic E-state index is 0.750. The van der Waals surface area contributed by atoms with Gasteiger partial charge < -0.3 is 0 Å². The fourth-order valence-electron chi connectivity index (χ4n) is 0.467. The Bertz CT molecular complexity index is 135. The van der Waals surface area contributed by atoms with E-state index in [4.69, 9.17) is 0 Å². The molecule has 0 saturated carbocycles. The first-order valence-electron chi connectivity index (χ1n) is 2.10. The van der Waals surface area contributed by atoms with Gasteiger partial charge >= 0.3 is 0 Å². The highest BCUT2D eigenvalue weighted by atomic mass is 16.1.